The third kappa shape index (κ3) is 2.08. The number of aryl methyl sites for hydroxylation is 1. The second-order valence-corrected chi connectivity index (χ2v) is 4.19. The lowest BCUT2D eigenvalue weighted by molar-refractivity contribution is 0.231. The molecular weight excluding hydrogens is 213 g/mol. The molecule has 0 saturated heterocycles. The van der Waals surface area contributed by atoms with Gasteiger partial charge in [0, 0.05) is 6.54 Å². The van der Waals surface area contributed by atoms with Crippen LogP contribution in [0, 0.1) is 6.92 Å². The summed E-state index contributed by atoms with van der Waals surface area (Å²) in [5.74, 6) is 0. The van der Waals surface area contributed by atoms with Crippen molar-refractivity contribution in [1.29, 1.82) is 0 Å². The predicted octanol–water partition coefficient (Wildman–Crippen LogP) is 3.17. The Bertz CT molecular complexity index is 495. The van der Waals surface area contributed by atoms with Gasteiger partial charge in [-0.05, 0) is 23.6 Å². The van der Waals surface area contributed by atoms with Gasteiger partial charge in [0.25, 0.3) is 0 Å². The third-order valence-corrected chi connectivity index (χ3v) is 3.08. The molecule has 1 nitrogen and oxygen atoms in total. The number of hydrogen-bond donors (Lipinski definition) is 1. The van der Waals surface area contributed by atoms with Crippen LogP contribution in [0.4, 0.5) is 4.39 Å². The van der Waals surface area contributed by atoms with Crippen molar-refractivity contribution in [3.05, 3.63) is 71.3 Å². The maximum Gasteiger partial charge on any atom is 0.173 e. The van der Waals surface area contributed by atoms with Crippen LogP contribution < -0.4 is 5.73 Å². The lowest BCUT2D eigenvalue weighted by Gasteiger charge is -2.26. The molecule has 0 aliphatic carbocycles. The SMILES string of the molecule is Cc1ccccc1C(F)(CN)c1ccccc1. The van der Waals surface area contributed by atoms with Crippen LogP contribution in [-0.2, 0) is 5.67 Å². The zero-order chi connectivity index (χ0) is 12.3. The van der Waals surface area contributed by atoms with Crippen LogP contribution in [0.15, 0.2) is 54.6 Å². The molecule has 0 amide bonds. The van der Waals surface area contributed by atoms with Crippen molar-refractivity contribution in [2.24, 2.45) is 5.73 Å². The largest absolute Gasteiger partial charge is 0.327 e. The van der Waals surface area contributed by atoms with Crippen molar-refractivity contribution in [1.82, 2.24) is 0 Å². The van der Waals surface area contributed by atoms with Gasteiger partial charge in [0.15, 0.2) is 5.67 Å². The van der Waals surface area contributed by atoms with E-state index in [-0.39, 0.29) is 6.54 Å². The highest BCUT2D eigenvalue weighted by atomic mass is 19.1. The van der Waals surface area contributed by atoms with Gasteiger partial charge in [-0.3, -0.25) is 0 Å². The Balaban J connectivity index is 2.56. The summed E-state index contributed by atoms with van der Waals surface area (Å²) in [6.45, 7) is 1.85. The number of nitrogens with two attached hydrogens (primary N) is 1. The molecule has 0 spiro atoms. The van der Waals surface area contributed by atoms with Crippen LogP contribution in [0.3, 0.4) is 0 Å². The maximum atomic E-state index is 15.1. The summed E-state index contributed by atoms with van der Waals surface area (Å²) in [5, 5.41) is 0. The van der Waals surface area contributed by atoms with Gasteiger partial charge in [0.05, 0.1) is 0 Å². The van der Waals surface area contributed by atoms with E-state index in [0.29, 0.717) is 11.1 Å². The Labute approximate surface area is 101 Å². The molecule has 0 saturated carbocycles. The lowest BCUT2D eigenvalue weighted by Crippen LogP contribution is -2.32. The molecule has 1 atom stereocenters. The third-order valence-electron chi connectivity index (χ3n) is 3.08. The summed E-state index contributed by atoms with van der Waals surface area (Å²) >= 11 is 0. The zero-order valence-electron chi connectivity index (χ0n) is 9.86. The van der Waals surface area contributed by atoms with E-state index in [1.165, 1.54) is 0 Å². The predicted molar refractivity (Wildman–Crippen MR) is 68.6 cm³/mol. The van der Waals surface area contributed by atoms with Crippen molar-refractivity contribution in [3.8, 4) is 0 Å². The second kappa shape index (κ2) is 4.68. The van der Waals surface area contributed by atoms with Crippen LogP contribution in [0.2, 0.25) is 0 Å². The Kier molecular flexibility index (Phi) is 3.25. The van der Waals surface area contributed by atoms with E-state index in [1.54, 1.807) is 18.2 Å². The summed E-state index contributed by atoms with van der Waals surface area (Å²) in [5.41, 5.74) is 6.24. The van der Waals surface area contributed by atoms with Gasteiger partial charge in [0.1, 0.15) is 0 Å². The first-order valence-corrected chi connectivity index (χ1v) is 5.69. The molecule has 2 rings (SSSR count). The maximum absolute atomic E-state index is 15.1. The van der Waals surface area contributed by atoms with Crippen LogP contribution in [0.1, 0.15) is 16.7 Å². The summed E-state index contributed by atoms with van der Waals surface area (Å²) in [6.07, 6.45) is 0. The monoisotopic (exact) mass is 229 g/mol. The molecule has 17 heavy (non-hydrogen) atoms. The van der Waals surface area contributed by atoms with Crippen LogP contribution in [-0.4, -0.2) is 6.54 Å². The normalized spacial score (nSPS) is 14.3. The van der Waals surface area contributed by atoms with Crippen LogP contribution in [0.25, 0.3) is 0 Å². The number of alkyl halides is 1. The number of hydrogen-bond acceptors (Lipinski definition) is 1. The zero-order valence-corrected chi connectivity index (χ0v) is 9.86. The lowest BCUT2D eigenvalue weighted by atomic mass is 9.85. The van der Waals surface area contributed by atoms with E-state index in [4.69, 9.17) is 5.73 Å². The van der Waals surface area contributed by atoms with Crippen molar-refractivity contribution >= 4 is 0 Å². The van der Waals surface area contributed by atoms with Gasteiger partial charge in [-0.1, -0.05) is 54.6 Å². The fourth-order valence-corrected chi connectivity index (χ4v) is 2.10. The molecule has 0 aliphatic heterocycles. The Hall–Kier alpha value is -1.67. The van der Waals surface area contributed by atoms with E-state index in [1.807, 2.05) is 43.3 Å². The molecule has 0 radical (unpaired) electrons. The number of benzene rings is 2. The van der Waals surface area contributed by atoms with E-state index in [2.05, 4.69) is 0 Å². The smallest absolute Gasteiger partial charge is 0.173 e. The van der Waals surface area contributed by atoms with Crippen molar-refractivity contribution < 1.29 is 4.39 Å². The second-order valence-electron chi connectivity index (χ2n) is 4.19. The van der Waals surface area contributed by atoms with Crippen molar-refractivity contribution in [2.75, 3.05) is 6.54 Å². The molecule has 0 aromatic heterocycles. The first kappa shape index (κ1) is 11.8. The first-order chi connectivity index (χ1) is 8.18. The van der Waals surface area contributed by atoms with E-state index >= 15 is 4.39 Å². The molecular formula is C15H16FN. The average molecular weight is 229 g/mol. The molecule has 2 N–H and O–H groups in total. The molecule has 2 aromatic carbocycles. The Morgan fingerprint density at radius 1 is 1.00 bits per heavy atom. The molecule has 0 aliphatic rings. The average Bonchev–Trinajstić information content (AvgIpc) is 2.39. The van der Waals surface area contributed by atoms with Crippen molar-refractivity contribution in [2.45, 2.75) is 12.6 Å². The minimum atomic E-state index is -1.60. The standard InChI is InChI=1S/C15H16FN/c1-12-7-5-6-10-14(12)15(16,11-17)13-8-3-2-4-9-13/h2-10H,11,17H2,1H3. The van der Waals surface area contributed by atoms with E-state index in [9.17, 15) is 0 Å². The minimum absolute atomic E-state index is 0.0537. The van der Waals surface area contributed by atoms with Gasteiger partial charge >= 0.3 is 0 Å². The van der Waals surface area contributed by atoms with Gasteiger partial charge in [-0.25, -0.2) is 4.39 Å². The van der Waals surface area contributed by atoms with Crippen molar-refractivity contribution in [3.63, 3.8) is 0 Å². The van der Waals surface area contributed by atoms with Gasteiger partial charge < -0.3 is 5.73 Å². The fourth-order valence-electron chi connectivity index (χ4n) is 2.10. The summed E-state index contributed by atoms with van der Waals surface area (Å²) in [7, 11) is 0. The highest BCUT2D eigenvalue weighted by molar-refractivity contribution is 5.40. The highest BCUT2D eigenvalue weighted by Crippen LogP contribution is 2.34. The molecule has 88 valence electrons. The topological polar surface area (TPSA) is 26.0 Å². The van der Waals surface area contributed by atoms with Gasteiger partial charge in [-0.2, -0.15) is 0 Å². The molecule has 0 fully saturated rings. The molecule has 0 bridgehead atoms. The van der Waals surface area contributed by atoms with Crippen LogP contribution >= 0.6 is 0 Å². The quantitative estimate of drug-likeness (QED) is 0.859. The van der Waals surface area contributed by atoms with Crippen LogP contribution in [0.5, 0.6) is 0 Å². The fraction of sp³-hybridized carbons (Fsp3) is 0.200. The summed E-state index contributed by atoms with van der Waals surface area (Å²) in [6, 6.07) is 16.5. The van der Waals surface area contributed by atoms with E-state index < -0.39 is 5.67 Å². The number of rotatable bonds is 3. The first-order valence-electron chi connectivity index (χ1n) is 5.69. The number of halogens is 1. The van der Waals surface area contributed by atoms with E-state index in [0.717, 1.165) is 5.56 Å². The molecule has 2 aromatic rings. The summed E-state index contributed by atoms with van der Waals surface area (Å²) in [4.78, 5) is 0. The minimum Gasteiger partial charge on any atom is -0.327 e. The van der Waals surface area contributed by atoms with Gasteiger partial charge in [0.2, 0.25) is 0 Å². The molecule has 0 heterocycles. The highest BCUT2D eigenvalue weighted by Gasteiger charge is 2.33. The molecule has 2 heteroatoms. The van der Waals surface area contributed by atoms with Gasteiger partial charge in [-0.15, -0.1) is 0 Å². The Morgan fingerprint density at radius 2 is 1.59 bits per heavy atom. The summed E-state index contributed by atoms with van der Waals surface area (Å²) < 4.78 is 15.1. The Morgan fingerprint density at radius 3 is 2.18 bits per heavy atom. The molecule has 1 unspecified atom stereocenters.